The van der Waals surface area contributed by atoms with Crippen LogP contribution in [0, 0.1) is 0 Å². The fourth-order valence-electron chi connectivity index (χ4n) is 3.81. The van der Waals surface area contributed by atoms with Crippen LogP contribution in [0.25, 0.3) is 10.9 Å². The summed E-state index contributed by atoms with van der Waals surface area (Å²) in [5.41, 5.74) is 1.98. The molecule has 5 heteroatoms. The fraction of sp³-hybridized carbons (Fsp3) is 0.333. The molecule has 3 aromatic rings. The van der Waals surface area contributed by atoms with E-state index in [-0.39, 0.29) is 5.56 Å². The first-order chi connectivity index (χ1) is 12.7. The predicted molar refractivity (Wildman–Crippen MR) is 102 cm³/mol. The number of methoxy groups -OCH3 is 1. The van der Waals surface area contributed by atoms with Gasteiger partial charge in [0.2, 0.25) is 0 Å². The zero-order valence-electron chi connectivity index (χ0n) is 14.9. The van der Waals surface area contributed by atoms with Crippen molar-refractivity contribution >= 4 is 10.9 Å². The van der Waals surface area contributed by atoms with Crippen LogP contribution < -0.4 is 10.3 Å². The van der Waals surface area contributed by atoms with Crippen LogP contribution in [0.5, 0.6) is 5.75 Å². The van der Waals surface area contributed by atoms with Gasteiger partial charge in [0, 0.05) is 6.04 Å². The molecule has 1 aliphatic heterocycles. The summed E-state index contributed by atoms with van der Waals surface area (Å²) in [6.45, 7) is 1.71. The van der Waals surface area contributed by atoms with E-state index in [9.17, 15) is 4.79 Å². The molecule has 0 spiro atoms. The van der Waals surface area contributed by atoms with Crippen LogP contribution in [0.4, 0.5) is 0 Å². The largest absolute Gasteiger partial charge is 0.497 e. The number of hydrogen-bond donors (Lipinski definition) is 1. The van der Waals surface area contributed by atoms with E-state index in [0.717, 1.165) is 36.5 Å². The molecule has 0 aliphatic carbocycles. The van der Waals surface area contributed by atoms with Gasteiger partial charge in [-0.05, 0) is 55.6 Å². The summed E-state index contributed by atoms with van der Waals surface area (Å²) in [5.74, 6) is 1.64. The lowest BCUT2D eigenvalue weighted by Crippen LogP contribution is -2.32. The molecule has 134 valence electrons. The number of rotatable bonds is 5. The Hall–Kier alpha value is -2.66. The van der Waals surface area contributed by atoms with E-state index < -0.39 is 0 Å². The molecular formula is C21H23N3O2. The minimum atomic E-state index is -0.0610. The van der Waals surface area contributed by atoms with Crippen molar-refractivity contribution in [2.24, 2.45) is 0 Å². The highest BCUT2D eigenvalue weighted by molar-refractivity contribution is 5.77. The number of aromatic amines is 1. The van der Waals surface area contributed by atoms with Crippen molar-refractivity contribution in [1.82, 2.24) is 14.9 Å². The van der Waals surface area contributed by atoms with E-state index in [2.05, 4.69) is 27.0 Å². The maximum Gasteiger partial charge on any atom is 0.258 e. The number of nitrogens with zero attached hydrogens (tertiary/aromatic N) is 2. The van der Waals surface area contributed by atoms with Crippen LogP contribution in [-0.2, 0) is 13.0 Å². The predicted octanol–water partition coefficient (Wildman–Crippen LogP) is 3.14. The highest BCUT2D eigenvalue weighted by Crippen LogP contribution is 2.24. The highest BCUT2D eigenvalue weighted by atomic mass is 16.5. The molecule has 0 bridgehead atoms. The molecule has 0 amide bonds. The second-order valence-electron chi connectivity index (χ2n) is 6.85. The summed E-state index contributed by atoms with van der Waals surface area (Å²) in [6, 6.07) is 16.2. The second kappa shape index (κ2) is 7.30. The lowest BCUT2D eigenvalue weighted by Gasteiger charge is -2.24. The maximum atomic E-state index is 12.3. The molecule has 1 aliphatic rings. The normalized spacial score (nSPS) is 17.7. The van der Waals surface area contributed by atoms with Crippen molar-refractivity contribution in [2.75, 3.05) is 13.7 Å². The van der Waals surface area contributed by atoms with E-state index in [1.807, 2.05) is 36.4 Å². The Bertz CT molecular complexity index is 967. The number of likely N-dealkylation sites (tertiary alicyclic amines) is 1. The van der Waals surface area contributed by atoms with Crippen molar-refractivity contribution < 1.29 is 4.74 Å². The van der Waals surface area contributed by atoms with E-state index >= 15 is 0 Å². The maximum absolute atomic E-state index is 12.3. The average Bonchev–Trinajstić information content (AvgIpc) is 3.08. The molecule has 1 unspecified atom stereocenters. The van der Waals surface area contributed by atoms with Gasteiger partial charge >= 0.3 is 0 Å². The van der Waals surface area contributed by atoms with Crippen LogP contribution in [0.3, 0.4) is 0 Å². The zero-order valence-corrected chi connectivity index (χ0v) is 14.9. The Labute approximate surface area is 152 Å². The molecule has 1 N–H and O–H groups in total. The molecule has 4 rings (SSSR count). The first kappa shape index (κ1) is 16.8. The molecular weight excluding hydrogens is 326 g/mol. The highest BCUT2D eigenvalue weighted by Gasteiger charge is 2.25. The van der Waals surface area contributed by atoms with Gasteiger partial charge in [-0.2, -0.15) is 0 Å². The molecule has 0 saturated carbocycles. The quantitative estimate of drug-likeness (QED) is 0.769. The number of benzene rings is 2. The van der Waals surface area contributed by atoms with Gasteiger partial charge in [-0.1, -0.05) is 24.3 Å². The van der Waals surface area contributed by atoms with Gasteiger partial charge in [0.25, 0.3) is 5.56 Å². The Morgan fingerprint density at radius 3 is 3.00 bits per heavy atom. The SMILES string of the molecule is COc1cccc(CC2CCCN2Cc2nc3ccccc3c(=O)[nH]2)c1. The third-order valence-corrected chi connectivity index (χ3v) is 5.12. The number of fused-ring (bicyclic) bond motifs is 1. The molecule has 1 atom stereocenters. The molecule has 2 heterocycles. The summed E-state index contributed by atoms with van der Waals surface area (Å²) < 4.78 is 5.33. The first-order valence-corrected chi connectivity index (χ1v) is 9.08. The van der Waals surface area contributed by atoms with Gasteiger partial charge in [0.15, 0.2) is 0 Å². The summed E-state index contributed by atoms with van der Waals surface area (Å²) >= 11 is 0. The lowest BCUT2D eigenvalue weighted by atomic mass is 10.0. The lowest BCUT2D eigenvalue weighted by molar-refractivity contribution is 0.238. The Morgan fingerprint density at radius 1 is 1.23 bits per heavy atom. The van der Waals surface area contributed by atoms with Crippen molar-refractivity contribution in [1.29, 1.82) is 0 Å². The number of para-hydroxylation sites is 1. The molecule has 1 saturated heterocycles. The molecule has 1 fully saturated rings. The smallest absolute Gasteiger partial charge is 0.258 e. The van der Waals surface area contributed by atoms with Crippen LogP contribution in [0.2, 0.25) is 0 Å². The van der Waals surface area contributed by atoms with Crippen molar-refractivity contribution in [3.05, 3.63) is 70.3 Å². The van der Waals surface area contributed by atoms with Crippen LogP contribution in [0.15, 0.2) is 53.3 Å². The Balaban J connectivity index is 1.53. The van der Waals surface area contributed by atoms with Gasteiger partial charge < -0.3 is 9.72 Å². The summed E-state index contributed by atoms with van der Waals surface area (Å²) in [6.07, 6.45) is 3.32. The minimum absolute atomic E-state index is 0.0610. The first-order valence-electron chi connectivity index (χ1n) is 9.08. The number of aromatic nitrogens is 2. The molecule has 26 heavy (non-hydrogen) atoms. The monoisotopic (exact) mass is 349 g/mol. The van der Waals surface area contributed by atoms with Gasteiger partial charge in [-0.25, -0.2) is 4.98 Å². The van der Waals surface area contributed by atoms with Crippen LogP contribution in [-0.4, -0.2) is 34.6 Å². The number of H-pyrrole nitrogens is 1. The van der Waals surface area contributed by atoms with E-state index in [4.69, 9.17) is 4.74 Å². The van der Waals surface area contributed by atoms with E-state index in [0.29, 0.717) is 18.0 Å². The second-order valence-corrected chi connectivity index (χ2v) is 6.85. The number of nitrogens with one attached hydrogen (secondary N) is 1. The van der Waals surface area contributed by atoms with Crippen molar-refractivity contribution in [2.45, 2.75) is 31.8 Å². The molecule has 2 aromatic carbocycles. The van der Waals surface area contributed by atoms with Gasteiger partial charge in [0.05, 0.1) is 24.6 Å². The third kappa shape index (κ3) is 3.48. The Morgan fingerprint density at radius 2 is 2.12 bits per heavy atom. The van der Waals surface area contributed by atoms with Crippen LogP contribution >= 0.6 is 0 Å². The number of ether oxygens (including phenoxy) is 1. The molecule has 0 radical (unpaired) electrons. The molecule has 5 nitrogen and oxygen atoms in total. The van der Waals surface area contributed by atoms with Gasteiger partial charge in [-0.15, -0.1) is 0 Å². The molecule has 1 aromatic heterocycles. The van der Waals surface area contributed by atoms with Crippen LogP contribution in [0.1, 0.15) is 24.2 Å². The minimum Gasteiger partial charge on any atom is -0.497 e. The van der Waals surface area contributed by atoms with Crippen molar-refractivity contribution in [3.63, 3.8) is 0 Å². The Kier molecular flexibility index (Phi) is 4.71. The van der Waals surface area contributed by atoms with Gasteiger partial charge in [-0.3, -0.25) is 9.69 Å². The van der Waals surface area contributed by atoms with E-state index in [1.54, 1.807) is 7.11 Å². The fourth-order valence-corrected chi connectivity index (χ4v) is 3.81. The topological polar surface area (TPSA) is 58.2 Å². The summed E-state index contributed by atoms with van der Waals surface area (Å²) in [7, 11) is 1.70. The zero-order chi connectivity index (χ0) is 17.9. The van der Waals surface area contributed by atoms with Crippen molar-refractivity contribution in [3.8, 4) is 5.75 Å². The number of hydrogen-bond acceptors (Lipinski definition) is 4. The summed E-state index contributed by atoms with van der Waals surface area (Å²) in [4.78, 5) is 22.3. The average molecular weight is 349 g/mol. The third-order valence-electron chi connectivity index (χ3n) is 5.12. The van der Waals surface area contributed by atoms with E-state index in [1.165, 1.54) is 12.0 Å². The van der Waals surface area contributed by atoms with Gasteiger partial charge in [0.1, 0.15) is 11.6 Å². The standard InChI is InChI=1S/C21H23N3O2/c1-26-17-8-4-6-15(13-17)12-16-7-5-11-24(16)14-20-22-19-10-3-2-9-18(19)21(25)23-20/h2-4,6,8-10,13,16H,5,7,11-12,14H2,1H3,(H,22,23,25). The summed E-state index contributed by atoms with van der Waals surface area (Å²) in [5, 5.41) is 0.644.